The molecule has 2 aliphatic rings. The summed E-state index contributed by atoms with van der Waals surface area (Å²) in [5.41, 5.74) is 8.26. The second-order valence-corrected chi connectivity index (χ2v) is 10.2. The van der Waals surface area contributed by atoms with E-state index in [1.54, 1.807) is 0 Å². The maximum Gasteiger partial charge on any atom is 0.0480 e. The number of rotatable bonds is 2. The molecule has 2 heteroatoms. The summed E-state index contributed by atoms with van der Waals surface area (Å²) in [4.78, 5) is 0. The molecule has 0 amide bonds. The van der Waals surface area contributed by atoms with E-state index in [9.17, 15) is 0 Å². The summed E-state index contributed by atoms with van der Waals surface area (Å²) in [5, 5.41) is 0. The standard InChI is InChI=1S/C21H21ClSi/c1-13-11-15-7-3-5-9-17(15)19(13)21(22,23)20-14(2)12-16-8-4-6-10-18(16)20/h3-12,19-20H,1-2,23H3. The Kier molecular flexibility index (Phi) is 3.40. The van der Waals surface area contributed by atoms with E-state index in [4.69, 9.17) is 11.6 Å². The number of benzene rings is 2. The molecule has 2 atom stereocenters. The quantitative estimate of drug-likeness (QED) is 0.551. The number of alkyl halides is 1. The first-order valence-corrected chi connectivity index (χ1v) is 9.61. The third-order valence-corrected chi connectivity index (χ3v) is 7.01. The van der Waals surface area contributed by atoms with Crippen molar-refractivity contribution in [2.24, 2.45) is 0 Å². The highest BCUT2D eigenvalue weighted by Crippen LogP contribution is 2.55. The predicted octanol–water partition coefficient (Wildman–Crippen LogP) is 4.69. The Balaban J connectivity index is 1.84. The van der Waals surface area contributed by atoms with E-state index in [1.165, 1.54) is 33.4 Å². The van der Waals surface area contributed by atoms with Crippen LogP contribution >= 0.6 is 11.6 Å². The average molecular weight is 337 g/mol. The Morgan fingerprint density at radius 1 is 0.783 bits per heavy atom. The molecule has 0 heterocycles. The van der Waals surface area contributed by atoms with E-state index in [0.717, 1.165) is 10.2 Å². The topological polar surface area (TPSA) is 0 Å². The summed E-state index contributed by atoms with van der Waals surface area (Å²) in [6.07, 6.45) is 4.63. The highest BCUT2D eigenvalue weighted by molar-refractivity contribution is 6.46. The summed E-state index contributed by atoms with van der Waals surface area (Å²) >= 11 is 7.37. The number of hydrogen-bond donors (Lipinski definition) is 0. The van der Waals surface area contributed by atoms with Crippen molar-refractivity contribution in [3.63, 3.8) is 0 Å². The maximum absolute atomic E-state index is 7.37. The molecular formula is C21H21ClSi. The van der Waals surface area contributed by atoms with Crippen LogP contribution in [0.5, 0.6) is 0 Å². The van der Waals surface area contributed by atoms with E-state index in [-0.39, 0.29) is 4.50 Å². The second kappa shape index (κ2) is 5.22. The smallest absolute Gasteiger partial charge is 0.0480 e. The Hall–Kier alpha value is -1.57. The highest BCUT2D eigenvalue weighted by atomic mass is 35.5. The Labute approximate surface area is 146 Å². The summed E-state index contributed by atoms with van der Waals surface area (Å²) in [5.74, 6) is 0.623. The van der Waals surface area contributed by atoms with Crippen molar-refractivity contribution < 1.29 is 0 Å². The van der Waals surface area contributed by atoms with Crippen LogP contribution < -0.4 is 0 Å². The van der Waals surface area contributed by atoms with Crippen LogP contribution in [0.2, 0.25) is 0 Å². The third-order valence-electron chi connectivity index (χ3n) is 5.42. The van der Waals surface area contributed by atoms with E-state index in [1.807, 2.05) is 0 Å². The molecular weight excluding hydrogens is 316 g/mol. The van der Waals surface area contributed by atoms with Gasteiger partial charge in [-0.1, -0.05) is 71.8 Å². The average Bonchev–Trinajstić information content (AvgIpc) is 3.02. The van der Waals surface area contributed by atoms with Crippen LogP contribution in [0.3, 0.4) is 0 Å². The fraction of sp³-hybridized carbons (Fsp3) is 0.238. The van der Waals surface area contributed by atoms with Crippen molar-refractivity contribution >= 4 is 34.0 Å². The number of halogens is 1. The molecule has 0 fully saturated rings. The maximum atomic E-state index is 7.37. The van der Waals surface area contributed by atoms with Crippen molar-refractivity contribution in [3.8, 4) is 0 Å². The lowest BCUT2D eigenvalue weighted by Gasteiger charge is -2.38. The van der Waals surface area contributed by atoms with Gasteiger partial charge < -0.3 is 0 Å². The molecule has 2 aliphatic carbocycles. The number of fused-ring (bicyclic) bond motifs is 2. The normalized spacial score (nSPS) is 24.7. The van der Waals surface area contributed by atoms with E-state index in [2.05, 4.69) is 74.5 Å². The molecule has 0 radical (unpaired) electrons. The van der Waals surface area contributed by atoms with E-state index in [0.29, 0.717) is 11.8 Å². The monoisotopic (exact) mass is 336 g/mol. The van der Waals surface area contributed by atoms with Gasteiger partial charge in [0.15, 0.2) is 0 Å². The molecule has 0 spiro atoms. The SMILES string of the molecule is CC1=Cc2ccccc2C1C([SiH3])(Cl)C1C(C)=Cc2ccccc21. The van der Waals surface area contributed by atoms with Gasteiger partial charge in [-0.2, -0.15) is 0 Å². The van der Waals surface area contributed by atoms with Crippen LogP contribution in [0.25, 0.3) is 12.2 Å². The van der Waals surface area contributed by atoms with Gasteiger partial charge in [0, 0.05) is 26.6 Å². The third kappa shape index (κ3) is 2.18. The molecule has 0 aliphatic heterocycles. The van der Waals surface area contributed by atoms with Crippen LogP contribution in [-0.2, 0) is 0 Å². The van der Waals surface area contributed by atoms with Crippen LogP contribution in [0, 0.1) is 0 Å². The number of hydrogen-bond acceptors (Lipinski definition) is 0. The first-order valence-electron chi connectivity index (χ1n) is 8.23. The van der Waals surface area contributed by atoms with Crippen molar-refractivity contribution in [3.05, 3.63) is 81.9 Å². The minimum Gasteiger partial charge on any atom is -0.122 e. The van der Waals surface area contributed by atoms with E-state index >= 15 is 0 Å². The van der Waals surface area contributed by atoms with Crippen molar-refractivity contribution in [2.45, 2.75) is 30.2 Å². The summed E-state index contributed by atoms with van der Waals surface area (Å²) < 4.78 is -0.236. The summed E-state index contributed by atoms with van der Waals surface area (Å²) in [6.45, 7) is 4.47. The molecule has 2 unspecified atom stereocenters. The van der Waals surface area contributed by atoms with Gasteiger partial charge in [-0.05, 0) is 36.1 Å². The van der Waals surface area contributed by atoms with Crippen molar-refractivity contribution in [1.82, 2.24) is 0 Å². The van der Waals surface area contributed by atoms with Crippen LogP contribution in [0.15, 0.2) is 59.7 Å². The highest BCUT2D eigenvalue weighted by Gasteiger charge is 2.46. The van der Waals surface area contributed by atoms with Gasteiger partial charge in [0.2, 0.25) is 0 Å². The molecule has 23 heavy (non-hydrogen) atoms. The van der Waals surface area contributed by atoms with Crippen molar-refractivity contribution in [2.75, 3.05) is 0 Å². The molecule has 0 bridgehead atoms. The molecule has 0 aromatic heterocycles. The molecule has 4 rings (SSSR count). The number of allylic oxidation sites excluding steroid dienone is 2. The zero-order valence-electron chi connectivity index (χ0n) is 13.8. The van der Waals surface area contributed by atoms with Crippen LogP contribution in [-0.4, -0.2) is 14.7 Å². The van der Waals surface area contributed by atoms with E-state index < -0.39 is 0 Å². The van der Waals surface area contributed by atoms with Gasteiger partial charge in [0.05, 0.1) is 0 Å². The second-order valence-electron chi connectivity index (χ2n) is 7.05. The molecule has 0 N–H and O–H groups in total. The Morgan fingerprint density at radius 2 is 1.17 bits per heavy atom. The van der Waals surface area contributed by atoms with Crippen LogP contribution in [0.1, 0.15) is 47.9 Å². The van der Waals surface area contributed by atoms with Gasteiger partial charge in [-0.15, -0.1) is 11.6 Å². The lowest BCUT2D eigenvalue weighted by atomic mass is 9.81. The predicted molar refractivity (Wildman–Crippen MR) is 104 cm³/mol. The fourth-order valence-electron chi connectivity index (χ4n) is 4.62. The van der Waals surface area contributed by atoms with Gasteiger partial charge in [-0.25, -0.2) is 0 Å². The molecule has 0 saturated heterocycles. The first kappa shape index (κ1) is 15.0. The lowest BCUT2D eigenvalue weighted by molar-refractivity contribution is 0.596. The van der Waals surface area contributed by atoms with Crippen molar-refractivity contribution in [1.29, 1.82) is 0 Å². The summed E-state index contributed by atoms with van der Waals surface area (Å²) in [7, 11) is 0.930. The minimum atomic E-state index is -0.236. The molecule has 2 aromatic rings. The van der Waals surface area contributed by atoms with Gasteiger partial charge in [0.25, 0.3) is 0 Å². The lowest BCUT2D eigenvalue weighted by Crippen LogP contribution is -2.37. The minimum absolute atomic E-state index is 0.236. The molecule has 0 nitrogen and oxygen atoms in total. The fourth-order valence-corrected chi connectivity index (χ4v) is 6.74. The van der Waals surface area contributed by atoms with Gasteiger partial charge >= 0.3 is 0 Å². The first-order chi connectivity index (χ1) is 11.0. The molecule has 2 aromatic carbocycles. The Morgan fingerprint density at radius 3 is 1.61 bits per heavy atom. The zero-order valence-corrected chi connectivity index (χ0v) is 16.6. The molecule has 116 valence electrons. The summed E-state index contributed by atoms with van der Waals surface area (Å²) in [6, 6.07) is 17.4. The van der Waals surface area contributed by atoms with Gasteiger partial charge in [0.1, 0.15) is 0 Å². The largest absolute Gasteiger partial charge is 0.122 e. The Bertz CT molecular complexity index is 775. The van der Waals surface area contributed by atoms with Gasteiger partial charge in [-0.3, -0.25) is 0 Å². The van der Waals surface area contributed by atoms with Crippen LogP contribution in [0.4, 0.5) is 0 Å². The zero-order chi connectivity index (χ0) is 16.2. The molecule has 0 saturated carbocycles.